The van der Waals surface area contributed by atoms with E-state index in [0.717, 1.165) is 12.1 Å². The van der Waals surface area contributed by atoms with Crippen molar-refractivity contribution in [2.75, 3.05) is 0 Å². The van der Waals surface area contributed by atoms with E-state index >= 15 is 0 Å². The van der Waals surface area contributed by atoms with Crippen LogP contribution in [0.1, 0.15) is 13.8 Å². The van der Waals surface area contributed by atoms with Gasteiger partial charge in [-0.1, -0.05) is 29.8 Å². The van der Waals surface area contributed by atoms with Crippen molar-refractivity contribution < 1.29 is 4.39 Å². The van der Waals surface area contributed by atoms with Crippen LogP contribution in [0.5, 0.6) is 0 Å². The average Bonchev–Trinajstić information content (AvgIpc) is 2.63. The largest absolute Gasteiger partial charge is 0.313 e. The lowest BCUT2D eigenvalue weighted by atomic mass is 10.2. The van der Waals surface area contributed by atoms with Crippen LogP contribution >= 0.6 is 15.9 Å². The second kappa shape index (κ2) is 4.96. The molecule has 17 heavy (non-hydrogen) atoms. The van der Waals surface area contributed by atoms with Gasteiger partial charge >= 0.3 is 0 Å². The molecule has 0 bridgehead atoms. The van der Waals surface area contributed by atoms with Gasteiger partial charge in [0, 0.05) is 16.6 Å². The van der Waals surface area contributed by atoms with Gasteiger partial charge in [-0.2, -0.15) is 0 Å². The topological polar surface area (TPSA) is 30.7 Å². The fourth-order valence-electron chi connectivity index (χ4n) is 1.69. The van der Waals surface area contributed by atoms with Crippen molar-refractivity contribution in [2.24, 2.45) is 5.92 Å². The van der Waals surface area contributed by atoms with Crippen LogP contribution in [-0.2, 0) is 6.54 Å². The molecule has 0 unspecified atom stereocenters. The molecular weight excluding hydrogens is 285 g/mol. The lowest BCUT2D eigenvalue weighted by Crippen LogP contribution is -2.05. The van der Waals surface area contributed by atoms with Gasteiger partial charge in [-0.05, 0) is 24.1 Å². The van der Waals surface area contributed by atoms with Crippen LogP contribution in [0.25, 0.3) is 11.4 Å². The maximum atomic E-state index is 13.3. The standard InChI is InChI=1S/C12H13BrFN3/c1-8(2)6-17-7-15-16-12(17)9-3-10(13)5-11(14)4-9/h3-5,7-8H,6H2,1-2H3. The number of hydrogen-bond donors (Lipinski definition) is 0. The molecule has 0 atom stereocenters. The van der Waals surface area contributed by atoms with Crippen molar-refractivity contribution in [3.8, 4) is 11.4 Å². The van der Waals surface area contributed by atoms with Crippen molar-refractivity contribution in [1.29, 1.82) is 0 Å². The minimum Gasteiger partial charge on any atom is -0.313 e. The van der Waals surface area contributed by atoms with Gasteiger partial charge in [0.05, 0.1) is 0 Å². The maximum absolute atomic E-state index is 13.3. The molecule has 1 aromatic carbocycles. The van der Waals surface area contributed by atoms with Gasteiger partial charge in [0.2, 0.25) is 0 Å². The number of nitrogens with zero attached hydrogens (tertiary/aromatic N) is 3. The fraction of sp³-hybridized carbons (Fsp3) is 0.333. The number of aromatic nitrogens is 3. The smallest absolute Gasteiger partial charge is 0.163 e. The van der Waals surface area contributed by atoms with Crippen molar-refractivity contribution in [3.05, 3.63) is 34.8 Å². The molecule has 0 aliphatic heterocycles. The number of benzene rings is 1. The first-order valence-electron chi connectivity index (χ1n) is 5.40. The SMILES string of the molecule is CC(C)Cn1cnnc1-c1cc(F)cc(Br)c1. The van der Waals surface area contributed by atoms with Crippen molar-refractivity contribution in [3.63, 3.8) is 0 Å². The predicted octanol–water partition coefficient (Wildman–Crippen LogP) is 3.50. The van der Waals surface area contributed by atoms with Crippen molar-refractivity contribution in [1.82, 2.24) is 14.8 Å². The predicted molar refractivity (Wildman–Crippen MR) is 68.0 cm³/mol. The minimum absolute atomic E-state index is 0.284. The summed E-state index contributed by atoms with van der Waals surface area (Å²) in [6.45, 7) is 5.05. The summed E-state index contributed by atoms with van der Waals surface area (Å²) >= 11 is 3.28. The summed E-state index contributed by atoms with van der Waals surface area (Å²) < 4.78 is 16.0. The second-order valence-corrected chi connectivity index (χ2v) is 5.27. The molecule has 90 valence electrons. The van der Waals surface area contributed by atoms with Gasteiger partial charge in [0.25, 0.3) is 0 Å². The van der Waals surface area contributed by atoms with Gasteiger partial charge in [-0.25, -0.2) is 4.39 Å². The summed E-state index contributed by atoms with van der Waals surface area (Å²) in [7, 11) is 0. The Morgan fingerprint density at radius 3 is 2.76 bits per heavy atom. The summed E-state index contributed by atoms with van der Waals surface area (Å²) in [5.41, 5.74) is 0.732. The number of hydrogen-bond acceptors (Lipinski definition) is 2. The van der Waals surface area contributed by atoms with E-state index in [0.29, 0.717) is 16.2 Å². The average molecular weight is 298 g/mol. The van der Waals surface area contributed by atoms with Crippen LogP contribution in [0.4, 0.5) is 4.39 Å². The van der Waals surface area contributed by atoms with E-state index in [9.17, 15) is 4.39 Å². The first-order chi connectivity index (χ1) is 8.06. The first kappa shape index (κ1) is 12.2. The second-order valence-electron chi connectivity index (χ2n) is 4.36. The maximum Gasteiger partial charge on any atom is 0.163 e. The van der Waals surface area contributed by atoms with E-state index in [1.807, 2.05) is 10.6 Å². The van der Waals surface area contributed by atoms with Crippen LogP contribution in [-0.4, -0.2) is 14.8 Å². The molecule has 0 spiro atoms. The highest BCUT2D eigenvalue weighted by Gasteiger charge is 2.10. The molecule has 2 rings (SSSR count). The molecule has 0 N–H and O–H groups in total. The molecule has 0 fully saturated rings. The minimum atomic E-state index is -0.284. The Morgan fingerprint density at radius 2 is 2.12 bits per heavy atom. The van der Waals surface area contributed by atoms with Gasteiger partial charge in [-0.15, -0.1) is 10.2 Å². The molecule has 0 saturated carbocycles. The Morgan fingerprint density at radius 1 is 1.35 bits per heavy atom. The zero-order chi connectivity index (χ0) is 12.4. The lowest BCUT2D eigenvalue weighted by molar-refractivity contribution is 0.525. The van der Waals surface area contributed by atoms with Gasteiger partial charge in [0.15, 0.2) is 5.82 Å². The molecule has 1 heterocycles. The van der Waals surface area contributed by atoms with Gasteiger partial charge in [0.1, 0.15) is 12.1 Å². The van der Waals surface area contributed by atoms with Crippen LogP contribution in [0, 0.1) is 11.7 Å². The highest BCUT2D eigenvalue weighted by atomic mass is 79.9. The van der Waals surface area contributed by atoms with Crippen LogP contribution in [0.15, 0.2) is 29.0 Å². The summed E-state index contributed by atoms with van der Waals surface area (Å²) in [5, 5.41) is 7.93. The Hall–Kier alpha value is -1.23. The Kier molecular flexibility index (Phi) is 3.57. The first-order valence-corrected chi connectivity index (χ1v) is 6.20. The zero-order valence-electron chi connectivity index (χ0n) is 9.69. The van der Waals surface area contributed by atoms with Gasteiger partial charge in [-0.3, -0.25) is 0 Å². The molecular formula is C12H13BrFN3. The van der Waals surface area contributed by atoms with Crippen LogP contribution < -0.4 is 0 Å². The molecule has 0 aliphatic rings. The molecule has 5 heteroatoms. The van der Waals surface area contributed by atoms with Crippen LogP contribution in [0.2, 0.25) is 0 Å². The van der Waals surface area contributed by atoms with E-state index in [4.69, 9.17) is 0 Å². The van der Waals surface area contributed by atoms with Gasteiger partial charge < -0.3 is 4.57 Å². The fourth-order valence-corrected chi connectivity index (χ4v) is 2.15. The Labute approximate surface area is 108 Å². The summed E-state index contributed by atoms with van der Waals surface area (Å²) in [6, 6.07) is 4.72. The summed E-state index contributed by atoms with van der Waals surface area (Å²) in [5.74, 6) is 0.897. The zero-order valence-corrected chi connectivity index (χ0v) is 11.3. The highest BCUT2D eigenvalue weighted by molar-refractivity contribution is 9.10. The van der Waals surface area contributed by atoms with Crippen LogP contribution in [0.3, 0.4) is 0 Å². The summed E-state index contributed by atoms with van der Waals surface area (Å²) in [6.07, 6.45) is 1.67. The molecule has 0 radical (unpaired) electrons. The van der Waals surface area contributed by atoms with E-state index in [1.54, 1.807) is 6.33 Å². The Bertz CT molecular complexity index is 502. The summed E-state index contributed by atoms with van der Waals surface area (Å²) in [4.78, 5) is 0. The third kappa shape index (κ3) is 2.91. The third-order valence-electron chi connectivity index (χ3n) is 2.30. The van der Waals surface area contributed by atoms with E-state index in [1.165, 1.54) is 12.1 Å². The van der Waals surface area contributed by atoms with E-state index in [-0.39, 0.29) is 5.82 Å². The molecule has 0 amide bonds. The Balaban J connectivity index is 2.42. The molecule has 2 aromatic rings. The lowest BCUT2D eigenvalue weighted by Gasteiger charge is -2.09. The quantitative estimate of drug-likeness (QED) is 0.868. The van der Waals surface area contributed by atoms with E-state index < -0.39 is 0 Å². The third-order valence-corrected chi connectivity index (χ3v) is 2.76. The number of rotatable bonds is 3. The molecule has 0 aliphatic carbocycles. The molecule has 3 nitrogen and oxygen atoms in total. The molecule has 1 aromatic heterocycles. The van der Waals surface area contributed by atoms with Crippen molar-refractivity contribution in [2.45, 2.75) is 20.4 Å². The van der Waals surface area contributed by atoms with Crippen molar-refractivity contribution >= 4 is 15.9 Å². The van der Waals surface area contributed by atoms with E-state index in [2.05, 4.69) is 40.0 Å². The normalized spacial score (nSPS) is 11.1. The molecule has 0 saturated heterocycles. The highest BCUT2D eigenvalue weighted by Crippen LogP contribution is 2.23. The number of halogens is 2. The monoisotopic (exact) mass is 297 g/mol.